The van der Waals surface area contributed by atoms with Crippen LogP contribution in [0.1, 0.15) is 16.7 Å². The summed E-state index contributed by atoms with van der Waals surface area (Å²) in [6.07, 6.45) is 0. The Morgan fingerprint density at radius 2 is 1.79 bits per heavy atom. The maximum atomic E-state index is 13.2. The number of aryl methyl sites for hydroxylation is 2. The van der Waals surface area contributed by atoms with Crippen LogP contribution >= 0.6 is 0 Å². The van der Waals surface area contributed by atoms with E-state index in [1.54, 1.807) is 26.2 Å². The van der Waals surface area contributed by atoms with Crippen molar-refractivity contribution >= 4 is 15.9 Å². The van der Waals surface area contributed by atoms with Crippen molar-refractivity contribution in [2.24, 2.45) is 0 Å². The summed E-state index contributed by atoms with van der Waals surface area (Å²) in [7, 11) is -2.05. The molecule has 0 fully saturated rings. The molecule has 1 aliphatic heterocycles. The molecular weight excluding hydrogens is 324 g/mol. The second-order valence-corrected chi connectivity index (χ2v) is 7.64. The second-order valence-electron chi connectivity index (χ2n) is 5.81. The first-order valence-corrected chi connectivity index (χ1v) is 9.23. The number of sulfonamides is 1. The lowest BCUT2D eigenvalue weighted by Gasteiger charge is -2.12. The van der Waals surface area contributed by atoms with Gasteiger partial charge in [0.15, 0.2) is 0 Å². The Kier molecular flexibility index (Phi) is 4.32. The smallest absolute Gasteiger partial charge is 0.331 e. The Morgan fingerprint density at radius 1 is 1.08 bits per heavy atom. The Hall–Kier alpha value is -2.34. The van der Waals surface area contributed by atoms with Crippen molar-refractivity contribution in [3.05, 3.63) is 59.2 Å². The molecule has 2 aromatic rings. The summed E-state index contributed by atoms with van der Waals surface area (Å²) in [6.45, 7) is 4.65. The highest BCUT2D eigenvalue weighted by Crippen LogP contribution is 2.27. The monoisotopic (exact) mass is 345 g/mol. The minimum absolute atomic E-state index is 0.318. The number of rotatable bonds is 4. The molecule has 1 N–H and O–H groups in total. The van der Waals surface area contributed by atoms with Crippen LogP contribution in [0, 0.1) is 13.8 Å². The number of nitrogens with one attached hydrogen (secondary N) is 1. The summed E-state index contributed by atoms with van der Waals surface area (Å²) in [5.74, 6) is 1.32. The number of benzene rings is 2. The van der Waals surface area contributed by atoms with E-state index in [-0.39, 0.29) is 0 Å². The van der Waals surface area contributed by atoms with Gasteiger partial charge in [-0.25, -0.2) is 0 Å². The predicted octanol–water partition coefficient (Wildman–Crippen LogP) is 2.06. The van der Waals surface area contributed by atoms with Crippen LogP contribution in [0.5, 0.6) is 5.75 Å². The Balaban J connectivity index is 2.16. The van der Waals surface area contributed by atoms with Gasteiger partial charge in [0.25, 0.3) is 5.84 Å². The van der Waals surface area contributed by atoms with Crippen molar-refractivity contribution in [2.45, 2.75) is 18.7 Å². The number of hydrogen-bond donors (Lipinski definition) is 1. The van der Waals surface area contributed by atoms with E-state index in [1.807, 2.05) is 37.3 Å². The van der Waals surface area contributed by atoms with Crippen molar-refractivity contribution in [2.75, 3.05) is 20.2 Å². The van der Waals surface area contributed by atoms with Gasteiger partial charge in [0.05, 0.1) is 12.7 Å². The Labute approximate surface area is 142 Å². The molecule has 0 amide bonds. The van der Waals surface area contributed by atoms with Crippen LogP contribution in [-0.4, -0.2) is 38.4 Å². The molecule has 1 heterocycles. The molecule has 6 heteroatoms. The molecule has 5 nitrogen and oxygen atoms in total. The average molecular weight is 345 g/mol. The number of nitrogens with zero attached hydrogens (tertiary/aromatic N) is 1. The number of amidine groups is 1. The zero-order valence-electron chi connectivity index (χ0n) is 14.0. The predicted molar refractivity (Wildman–Crippen MR) is 93.3 cm³/mol. The van der Waals surface area contributed by atoms with Crippen LogP contribution in [0.3, 0.4) is 0 Å². The molecule has 0 radical (unpaired) electrons. The highest BCUT2D eigenvalue weighted by Gasteiger charge is 2.34. The second kappa shape index (κ2) is 6.28. The van der Waals surface area contributed by atoms with Gasteiger partial charge in [0, 0.05) is 0 Å². The third-order valence-electron chi connectivity index (χ3n) is 4.16. The summed E-state index contributed by atoms with van der Waals surface area (Å²) in [4.78, 5) is 0.318. The summed E-state index contributed by atoms with van der Waals surface area (Å²) in [5, 5.41) is 3.19. The molecule has 0 unspecified atom stereocenters. The van der Waals surface area contributed by atoms with Crippen LogP contribution in [0.15, 0.2) is 47.4 Å². The van der Waals surface area contributed by atoms with Gasteiger partial charge in [-0.1, -0.05) is 18.2 Å². The van der Waals surface area contributed by atoms with E-state index in [1.165, 1.54) is 3.98 Å². The van der Waals surface area contributed by atoms with E-state index >= 15 is 0 Å². The van der Waals surface area contributed by atoms with Gasteiger partial charge in [-0.2, -0.15) is 8.42 Å². The van der Waals surface area contributed by atoms with Gasteiger partial charge in [0.1, 0.15) is 23.7 Å². The van der Waals surface area contributed by atoms with E-state index in [0.717, 1.165) is 11.1 Å². The standard InChI is InChI=1S/C18H20N2O3S/c1-13-12-17(14(2)11-16(13)23-3)24(21,22)20-10-9-19-18(20)15-7-5-4-6-8-15/h4-8,11-12H,9-10H2,1-3H3/p+1. The largest absolute Gasteiger partial charge is 0.496 e. The lowest BCUT2D eigenvalue weighted by atomic mass is 10.1. The zero-order chi connectivity index (χ0) is 17.3. The van der Waals surface area contributed by atoms with Crippen molar-refractivity contribution < 1.29 is 17.1 Å². The van der Waals surface area contributed by atoms with Crippen LogP contribution in [0.25, 0.3) is 0 Å². The summed E-state index contributed by atoms with van der Waals surface area (Å²) < 4.78 is 33.2. The molecule has 0 atom stereocenters. The van der Waals surface area contributed by atoms with Crippen LogP contribution in [-0.2, 0) is 10.0 Å². The van der Waals surface area contributed by atoms with E-state index in [4.69, 9.17) is 4.74 Å². The molecule has 2 aromatic carbocycles. The van der Waals surface area contributed by atoms with Gasteiger partial charge in [-0.3, -0.25) is 5.32 Å². The SMILES string of the molecule is COc1cc(C)c(S(=O)(=O)[N+]2=C(c3ccccc3)NCC2)cc1C. The highest BCUT2D eigenvalue weighted by molar-refractivity contribution is 7.85. The zero-order valence-corrected chi connectivity index (χ0v) is 14.9. The van der Waals surface area contributed by atoms with E-state index in [9.17, 15) is 8.42 Å². The minimum atomic E-state index is -3.64. The van der Waals surface area contributed by atoms with Crippen molar-refractivity contribution in [3.63, 3.8) is 0 Å². The molecule has 0 spiro atoms. The Morgan fingerprint density at radius 3 is 2.46 bits per heavy atom. The first-order chi connectivity index (χ1) is 11.4. The van der Waals surface area contributed by atoms with Crippen LogP contribution < -0.4 is 10.1 Å². The van der Waals surface area contributed by atoms with E-state index < -0.39 is 10.0 Å². The fourth-order valence-electron chi connectivity index (χ4n) is 2.94. The normalized spacial score (nSPS) is 14.6. The average Bonchev–Trinajstić information content (AvgIpc) is 3.08. The summed E-state index contributed by atoms with van der Waals surface area (Å²) >= 11 is 0. The fourth-order valence-corrected chi connectivity index (χ4v) is 4.71. The topological polar surface area (TPSA) is 58.4 Å². The highest BCUT2D eigenvalue weighted by atomic mass is 32.2. The quantitative estimate of drug-likeness (QED) is 0.862. The third-order valence-corrected chi connectivity index (χ3v) is 6.11. The maximum Gasteiger partial charge on any atom is 0.331 e. The maximum absolute atomic E-state index is 13.2. The molecular formula is C18H21N2O3S+. The fraction of sp³-hybridized carbons (Fsp3) is 0.278. The van der Waals surface area contributed by atoms with Gasteiger partial charge < -0.3 is 4.74 Å². The lowest BCUT2D eigenvalue weighted by Crippen LogP contribution is -2.28. The lowest BCUT2D eigenvalue weighted by molar-refractivity contribution is -0.352. The molecule has 0 saturated carbocycles. The molecule has 0 bridgehead atoms. The Bertz CT molecular complexity index is 903. The summed E-state index contributed by atoms with van der Waals surface area (Å²) in [5.41, 5.74) is 2.34. The van der Waals surface area contributed by atoms with Gasteiger partial charge >= 0.3 is 10.0 Å². The van der Waals surface area contributed by atoms with E-state index in [2.05, 4.69) is 5.32 Å². The third kappa shape index (κ3) is 2.78. The number of methoxy groups -OCH3 is 1. The first-order valence-electron chi connectivity index (χ1n) is 7.79. The van der Waals surface area contributed by atoms with Crippen molar-refractivity contribution in [3.8, 4) is 5.75 Å². The number of ether oxygens (including phenoxy) is 1. The van der Waals surface area contributed by atoms with Gasteiger partial charge in [0.2, 0.25) is 0 Å². The van der Waals surface area contributed by atoms with E-state index in [0.29, 0.717) is 35.1 Å². The number of hydrogen-bond acceptors (Lipinski definition) is 4. The molecule has 0 aromatic heterocycles. The van der Waals surface area contributed by atoms with Gasteiger partial charge in [-0.05, 0) is 49.2 Å². The molecule has 3 rings (SSSR count). The summed E-state index contributed by atoms with van der Waals surface area (Å²) in [6, 6.07) is 13.0. The molecule has 0 saturated heterocycles. The molecule has 24 heavy (non-hydrogen) atoms. The van der Waals surface area contributed by atoms with Crippen LogP contribution in [0.2, 0.25) is 0 Å². The van der Waals surface area contributed by atoms with Crippen LogP contribution in [0.4, 0.5) is 0 Å². The molecule has 126 valence electrons. The van der Waals surface area contributed by atoms with Gasteiger partial charge in [-0.15, -0.1) is 3.98 Å². The molecule has 0 aliphatic carbocycles. The van der Waals surface area contributed by atoms with Crippen molar-refractivity contribution in [1.82, 2.24) is 5.32 Å². The van der Waals surface area contributed by atoms with Crippen molar-refractivity contribution in [1.29, 1.82) is 0 Å². The first kappa shape index (κ1) is 16.5. The minimum Gasteiger partial charge on any atom is -0.496 e. The molecule has 1 aliphatic rings.